The Labute approximate surface area is 142 Å². The van der Waals surface area contributed by atoms with Crippen LogP contribution >= 0.6 is 22.6 Å². The average molecular weight is 386 g/mol. The van der Waals surface area contributed by atoms with Crippen molar-refractivity contribution in [2.24, 2.45) is 0 Å². The summed E-state index contributed by atoms with van der Waals surface area (Å²) >= 11 is 2.43. The molecule has 0 bridgehead atoms. The third-order valence-corrected chi connectivity index (χ3v) is 5.37. The number of hydrogen-bond donors (Lipinski definition) is 0. The molecule has 0 amide bonds. The Kier molecular flexibility index (Phi) is 4.18. The van der Waals surface area contributed by atoms with Crippen molar-refractivity contribution in [3.63, 3.8) is 0 Å². The molecule has 0 saturated carbocycles. The number of hydrogen-bond acceptors (Lipinski definition) is 0. The molecule has 3 rings (SSSR count). The lowest BCUT2D eigenvalue weighted by Gasteiger charge is -2.32. The fraction of sp³-hybridized carbons (Fsp3) is 0.368. The molecule has 0 aliphatic heterocycles. The van der Waals surface area contributed by atoms with Gasteiger partial charge in [0.05, 0.1) is 0 Å². The number of rotatable bonds is 4. The first-order valence-corrected chi connectivity index (χ1v) is 8.90. The molecule has 0 aromatic heterocycles. The summed E-state index contributed by atoms with van der Waals surface area (Å²) in [5.41, 5.74) is 6.80. The standard InChI is InChI=1S/C19H20BI/c1-3-9-19(10-4-2)17-11-13(20)5-7-15(17)16-8-6-14(21)12-18(16)19/h5-8,11-12H,3-4,9-10H2,1-2H3. The molecule has 0 saturated heterocycles. The van der Waals surface area contributed by atoms with Crippen LogP contribution in [0.5, 0.6) is 0 Å². The molecule has 106 valence electrons. The highest BCUT2D eigenvalue weighted by Crippen LogP contribution is 2.53. The number of fused-ring (bicyclic) bond motifs is 3. The molecule has 0 atom stereocenters. The molecule has 1 aliphatic rings. The van der Waals surface area contributed by atoms with Crippen molar-refractivity contribution >= 4 is 35.9 Å². The van der Waals surface area contributed by atoms with Gasteiger partial charge >= 0.3 is 0 Å². The summed E-state index contributed by atoms with van der Waals surface area (Å²) in [6.07, 6.45) is 4.78. The second-order valence-corrected chi connectivity index (χ2v) is 7.32. The minimum Gasteiger partial charge on any atom is -0.0963 e. The van der Waals surface area contributed by atoms with Gasteiger partial charge in [-0.25, -0.2) is 0 Å². The molecule has 2 aromatic rings. The predicted octanol–water partition coefficient (Wildman–Crippen LogP) is 4.95. The summed E-state index contributed by atoms with van der Waals surface area (Å²) in [5.74, 6) is 0. The van der Waals surface area contributed by atoms with Gasteiger partial charge < -0.3 is 0 Å². The first kappa shape index (κ1) is 15.1. The van der Waals surface area contributed by atoms with Crippen LogP contribution in [0, 0.1) is 3.57 Å². The van der Waals surface area contributed by atoms with Gasteiger partial charge in [0.1, 0.15) is 7.85 Å². The minimum atomic E-state index is 0.157. The zero-order valence-electron chi connectivity index (χ0n) is 12.7. The predicted molar refractivity (Wildman–Crippen MR) is 101 cm³/mol. The van der Waals surface area contributed by atoms with E-state index in [9.17, 15) is 0 Å². The van der Waals surface area contributed by atoms with Crippen molar-refractivity contribution in [3.8, 4) is 11.1 Å². The summed E-state index contributed by atoms with van der Waals surface area (Å²) in [4.78, 5) is 0. The van der Waals surface area contributed by atoms with E-state index in [2.05, 4.69) is 66.8 Å². The fourth-order valence-electron chi connectivity index (χ4n) is 4.00. The van der Waals surface area contributed by atoms with Crippen LogP contribution in [-0.4, -0.2) is 7.85 Å². The van der Waals surface area contributed by atoms with E-state index < -0.39 is 0 Å². The highest BCUT2D eigenvalue weighted by Gasteiger charge is 2.41. The zero-order valence-corrected chi connectivity index (χ0v) is 14.9. The van der Waals surface area contributed by atoms with Crippen LogP contribution in [0.25, 0.3) is 11.1 Å². The maximum atomic E-state index is 6.11. The van der Waals surface area contributed by atoms with Gasteiger partial charge in [-0.1, -0.05) is 56.4 Å². The Hall–Kier alpha value is -0.765. The maximum Gasteiger partial charge on any atom is 0.113 e. The highest BCUT2D eigenvalue weighted by molar-refractivity contribution is 14.1. The molecule has 0 N–H and O–H groups in total. The quantitative estimate of drug-likeness (QED) is 0.515. The minimum absolute atomic E-state index is 0.157. The van der Waals surface area contributed by atoms with Crippen molar-refractivity contribution in [2.45, 2.75) is 44.9 Å². The Morgan fingerprint density at radius 2 is 1.48 bits per heavy atom. The van der Waals surface area contributed by atoms with E-state index in [4.69, 9.17) is 7.85 Å². The van der Waals surface area contributed by atoms with Crippen molar-refractivity contribution in [2.75, 3.05) is 0 Å². The van der Waals surface area contributed by atoms with Crippen LogP contribution in [0.3, 0.4) is 0 Å². The summed E-state index contributed by atoms with van der Waals surface area (Å²) < 4.78 is 1.32. The molecule has 0 nitrogen and oxygen atoms in total. The van der Waals surface area contributed by atoms with Crippen LogP contribution in [-0.2, 0) is 5.41 Å². The normalized spacial score (nSPS) is 14.8. The molecule has 2 radical (unpaired) electrons. The van der Waals surface area contributed by atoms with E-state index in [0.29, 0.717) is 0 Å². The molecule has 0 fully saturated rings. The van der Waals surface area contributed by atoms with E-state index in [1.54, 1.807) is 0 Å². The molecule has 2 heteroatoms. The Morgan fingerprint density at radius 3 is 2.10 bits per heavy atom. The maximum absolute atomic E-state index is 6.11. The zero-order chi connectivity index (χ0) is 15.0. The van der Waals surface area contributed by atoms with Gasteiger partial charge in [0.2, 0.25) is 0 Å². The first-order valence-electron chi connectivity index (χ1n) is 7.83. The highest BCUT2D eigenvalue weighted by atomic mass is 127. The molecule has 0 unspecified atom stereocenters. The molecule has 1 aliphatic carbocycles. The van der Waals surface area contributed by atoms with Gasteiger partial charge in [0.25, 0.3) is 0 Å². The topological polar surface area (TPSA) is 0 Å². The SMILES string of the molecule is [B]c1ccc2c(c1)C(CCC)(CCC)c1cc(I)ccc1-2. The fourth-order valence-corrected chi connectivity index (χ4v) is 4.49. The largest absolute Gasteiger partial charge is 0.113 e. The van der Waals surface area contributed by atoms with Crippen LogP contribution in [0.4, 0.5) is 0 Å². The van der Waals surface area contributed by atoms with Crippen LogP contribution in [0.15, 0.2) is 36.4 Å². The lowest BCUT2D eigenvalue weighted by molar-refractivity contribution is 0.436. The van der Waals surface area contributed by atoms with Crippen molar-refractivity contribution in [3.05, 3.63) is 51.1 Å². The van der Waals surface area contributed by atoms with E-state index in [-0.39, 0.29) is 5.41 Å². The summed E-state index contributed by atoms with van der Waals surface area (Å²) in [6.45, 7) is 4.57. The lowest BCUT2D eigenvalue weighted by atomic mass is 9.71. The van der Waals surface area contributed by atoms with E-state index in [0.717, 1.165) is 5.46 Å². The van der Waals surface area contributed by atoms with Gasteiger partial charge in [-0.2, -0.15) is 0 Å². The van der Waals surface area contributed by atoms with Crippen molar-refractivity contribution in [1.82, 2.24) is 0 Å². The van der Waals surface area contributed by atoms with Gasteiger partial charge in [0, 0.05) is 8.99 Å². The molecule has 2 aromatic carbocycles. The Balaban J connectivity index is 2.32. The second kappa shape index (κ2) is 5.79. The Bertz CT molecular complexity index is 616. The smallest absolute Gasteiger partial charge is 0.0963 e. The third kappa shape index (κ3) is 2.36. The first-order chi connectivity index (χ1) is 10.1. The Morgan fingerprint density at radius 1 is 0.905 bits per heavy atom. The molecular weight excluding hydrogens is 366 g/mol. The molecule has 21 heavy (non-hydrogen) atoms. The van der Waals surface area contributed by atoms with Gasteiger partial charge in [-0.05, 0) is 69.8 Å². The van der Waals surface area contributed by atoms with Crippen molar-refractivity contribution in [1.29, 1.82) is 0 Å². The van der Waals surface area contributed by atoms with E-state index in [1.165, 1.54) is 51.5 Å². The van der Waals surface area contributed by atoms with Crippen LogP contribution < -0.4 is 5.46 Å². The van der Waals surface area contributed by atoms with Crippen molar-refractivity contribution < 1.29 is 0 Å². The molecule has 0 spiro atoms. The van der Waals surface area contributed by atoms with E-state index >= 15 is 0 Å². The molecule has 0 heterocycles. The van der Waals surface area contributed by atoms with Gasteiger partial charge in [-0.3, -0.25) is 0 Å². The number of halogens is 1. The lowest BCUT2D eigenvalue weighted by Crippen LogP contribution is -2.26. The summed E-state index contributed by atoms with van der Waals surface area (Å²) in [5, 5.41) is 0. The van der Waals surface area contributed by atoms with Gasteiger partial charge in [-0.15, -0.1) is 0 Å². The van der Waals surface area contributed by atoms with Gasteiger partial charge in [0.15, 0.2) is 0 Å². The number of benzene rings is 2. The second-order valence-electron chi connectivity index (χ2n) is 6.08. The average Bonchev–Trinajstić information content (AvgIpc) is 2.70. The summed E-state index contributed by atoms with van der Waals surface area (Å²) in [6, 6.07) is 13.4. The van der Waals surface area contributed by atoms with E-state index in [1.807, 2.05) is 6.07 Å². The molecular formula is C19H20BI. The monoisotopic (exact) mass is 386 g/mol. The summed E-state index contributed by atoms with van der Waals surface area (Å²) in [7, 11) is 6.11. The van der Waals surface area contributed by atoms with Crippen LogP contribution in [0.1, 0.15) is 50.7 Å². The van der Waals surface area contributed by atoms with Crippen LogP contribution in [0.2, 0.25) is 0 Å². The third-order valence-electron chi connectivity index (χ3n) is 4.70.